The summed E-state index contributed by atoms with van der Waals surface area (Å²) in [6, 6.07) is 0. The van der Waals surface area contributed by atoms with E-state index in [4.69, 9.17) is 5.11 Å². The van der Waals surface area contributed by atoms with Gasteiger partial charge in [-0.2, -0.15) is 0 Å². The van der Waals surface area contributed by atoms with Gasteiger partial charge in [-0.1, -0.05) is 0 Å². The zero-order chi connectivity index (χ0) is 6.69. The van der Waals surface area contributed by atoms with E-state index in [1.54, 1.807) is 19.3 Å². The van der Waals surface area contributed by atoms with Crippen molar-refractivity contribution in [2.45, 2.75) is 0 Å². The minimum absolute atomic E-state index is 0.0545. The van der Waals surface area contributed by atoms with E-state index < -0.39 is 0 Å². The van der Waals surface area contributed by atoms with Gasteiger partial charge < -0.3 is 9.90 Å². The smallest absolute Gasteiger partial charge is 0.128 e. The molecule has 1 rings (SSSR count). The van der Waals surface area contributed by atoms with E-state index in [0.29, 0.717) is 11.8 Å². The Morgan fingerprint density at radius 1 is 1.56 bits per heavy atom. The molecule has 0 saturated heterocycles. The van der Waals surface area contributed by atoms with E-state index in [2.05, 4.69) is 0 Å². The summed E-state index contributed by atoms with van der Waals surface area (Å²) in [5.74, 6) is 1.28. The Morgan fingerprint density at radius 3 is 2.78 bits per heavy atom. The van der Waals surface area contributed by atoms with E-state index in [1.165, 1.54) is 0 Å². The average molecular weight is 123 g/mol. The number of aliphatic hydroxyl groups excluding tert-OH is 1. The van der Waals surface area contributed by atoms with Gasteiger partial charge in [0.15, 0.2) is 0 Å². The third-order valence-corrected chi connectivity index (χ3v) is 1.24. The highest BCUT2D eigenvalue weighted by Gasteiger charge is 2.27. The number of hydrogen-bond acceptors (Lipinski definition) is 2. The highest BCUT2D eigenvalue weighted by Crippen LogP contribution is 2.30. The Balaban J connectivity index is 2.41. The third-order valence-electron chi connectivity index (χ3n) is 1.24. The van der Waals surface area contributed by atoms with Crippen LogP contribution in [0.2, 0.25) is 0 Å². The molecule has 2 heteroatoms. The largest absolute Gasteiger partial charge is 0.396 e. The molecule has 0 aromatic heterocycles. The van der Waals surface area contributed by atoms with Crippen molar-refractivity contribution < 1.29 is 9.90 Å². The van der Waals surface area contributed by atoms with Crippen molar-refractivity contribution in [3.8, 4) is 0 Å². The Morgan fingerprint density at radius 2 is 2.33 bits per heavy atom. The van der Waals surface area contributed by atoms with Crippen LogP contribution in [0.1, 0.15) is 0 Å². The molecule has 2 nitrogen and oxygen atoms in total. The van der Waals surface area contributed by atoms with Crippen LogP contribution in [-0.4, -0.2) is 18.0 Å². The van der Waals surface area contributed by atoms with Crippen molar-refractivity contribution >= 4 is 6.29 Å². The average Bonchev–Trinajstić information content (AvgIpc) is 2.33. The third kappa shape index (κ3) is 1.30. The van der Waals surface area contributed by atoms with Crippen molar-refractivity contribution in [2.24, 2.45) is 0 Å². The molecule has 47 valence electrons. The fraction of sp³-hybridized carbons (Fsp3) is 0.143. The zero-order valence-corrected chi connectivity index (χ0v) is 4.87. The molecule has 1 saturated carbocycles. The summed E-state index contributed by atoms with van der Waals surface area (Å²) in [4.78, 5) is 10.1. The minimum atomic E-state index is -0.0545. The Labute approximate surface area is 54.9 Å². The van der Waals surface area contributed by atoms with Crippen LogP contribution >= 0.6 is 0 Å². The first-order chi connectivity index (χ1) is 4.38. The summed E-state index contributed by atoms with van der Waals surface area (Å²) >= 11 is 0. The molecule has 0 aliphatic heterocycles. The van der Waals surface area contributed by atoms with Crippen molar-refractivity contribution in [3.63, 3.8) is 0 Å². The summed E-state index contributed by atoms with van der Waals surface area (Å²) in [6.07, 6.45) is 5.89. The van der Waals surface area contributed by atoms with E-state index in [0.717, 1.165) is 6.29 Å². The Hall–Kier alpha value is -0.370. The van der Waals surface area contributed by atoms with E-state index in [-0.39, 0.29) is 6.61 Å². The lowest BCUT2D eigenvalue weighted by molar-refractivity contribution is -0.106. The molecule has 5 radical (unpaired) electrons. The lowest BCUT2D eigenvalue weighted by Crippen LogP contribution is -2.08. The summed E-state index contributed by atoms with van der Waals surface area (Å²) < 4.78 is 0. The van der Waals surface area contributed by atoms with Crippen LogP contribution in [0.5, 0.6) is 0 Å². The second-order valence-electron chi connectivity index (χ2n) is 1.78. The molecule has 1 N–H and O–H groups in total. The molecule has 0 spiro atoms. The topological polar surface area (TPSA) is 37.3 Å². The number of carbonyl (C=O) groups excluding carboxylic acids is 1. The lowest BCUT2D eigenvalue weighted by atomic mass is 9.99. The van der Waals surface area contributed by atoms with Crippen molar-refractivity contribution in [3.05, 3.63) is 31.1 Å². The predicted octanol–water partition coefficient (Wildman–Crippen LogP) is -0.0469. The fourth-order valence-corrected chi connectivity index (χ4v) is 0.730. The maximum Gasteiger partial charge on any atom is 0.128 e. The zero-order valence-electron chi connectivity index (χ0n) is 4.87. The van der Waals surface area contributed by atoms with Gasteiger partial charge in [0, 0.05) is 5.92 Å². The molecule has 0 heterocycles. The van der Waals surface area contributed by atoms with Gasteiger partial charge in [-0.3, -0.25) is 0 Å². The Bertz CT molecular complexity index is 101. The molecule has 0 amide bonds. The van der Waals surface area contributed by atoms with Crippen LogP contribution in [-0.2, 0) is 4.79 Å². The molecule has 0 aromatic carbocycles. The molecule has 9 heavy (non-hydrogen) atoms. The molecule has 0 unspecified atom stereocenters. The maximum absolute atomic E-state index is 10.1. The van der Waals surface area contributed by atoms with Crippen molar-refractivity contribution in [1.82, 2.24) is 0 Å². The van der Waals surface area contributed by atoms with Crippen molar-refractivity contribution in [1.29, 1.82) is 0 Å². The van der Waals surface area contributed by atoms with Gasteiger partial charge in [0.2, 0.25) is 0 Å². The van der Waals surface area contributed by atoms with Gasteiger partial charge in [0.05, 0.1) is 12.5 Å². The van der Waals surface area contributed by atoms with Crippen molar-refractivity contribution in [2.75, 3.05) is 6.61 Å². The summed E-state index contributed by atoms with van der Waals surface area (Å²) in [5.41, 5.74) is 0. The van der Waals surface area contributed by atoms with Crippen LogP contribution < -0.4 is 0 Å². The van der Waals surface area contributed by atoms with Crippen LogP contribution in [0.3, 0.4) is 0 Å². The molecular weight excluding hydrogens is 116 g/mol. The van der Waals surface area contributed by atoms with E-state index in [1.807, 2.05) is 0 Å². The number of carbonyl (C=O) groups is 1. The normalized spacial score (nSPS) is 22.8. The molecule has 1 fully saturated rings. The second-order valence-corrected chi connectivity index (χ2v) is 1.78. The highest BCUT2D eigenvalue weighted by atomic mass is 16.3. The van der Waals surface area contributed by atoms with Crippen LogP contribution in [0.4, 0.5) is 0 Å². The van der Waals surface area contributed by atoms with Gasteiger partial charge >= 0.3 is 0 Å². The number of aldehydes is 1. The molecule has 0 atom stereocenters. The molecule has 1 aliphatic rings. The molecule has 0 aromatic rings. The van der Waals surface area contributed by atoms with E-state index >= 15 is 0 Å². The summed E-state index contributed by atoms with van der Waals surface area (Å²) in [6.45, 7) is -0.0545. The molecule has 1 aliphatic carbocycles. The number of aliphatic hydroxyl groups is 1. The maximum atomic E-state index is 10.1. The van der Waals surface area contributed by atoms with Crippen LogP contribution in [0.15, 0.2) is 0 Å². The Kier molecular flexibility index (Phi) is 2.22. The first-order valence-electron chi connectivity index (χ1n) is 2.69. The van der Waals surface area contributed by atoms with Gasteiger partial charge in [0.25, 0.3) is 0 Å². The minimum Gasteiger partial charge on any atom is -0.396 e. The molecular formula is C7H7O2. The van der Waals surface area contributed by atoms with Gasteiger partial charge in [0.1, 0.15) is 6.29 Å². The monoisotopic (exact) mass is 123 g/mol. The second kappa shape index (κ2) is 2.97. The SMILES string of the molecule is O=C[C]1[CH][CH][CH][C]1CO. The van der Waals surface area contributed by atoms with Crippen LogP contribution in [0.25, 0.3) is 0 Å². The van der Waals surface area contributed by atoms with Gasteiger partial charge in [-0.15, -0.1) is 0 Å². The van der Waals surface area contributed by atoms with E-state index in [9.17, 15) is 4.79 Å². The fourth-order valence-electron chi connectivity index (χ4n) is 0.730. The van der Waals surface area contributed by atoms with Gasteiger partial charge in [-0.25, -0.2) is 0 Å². The quantitative estimate of drug-likeness (QED) is 0.523. The standard InChI is InChI=1S/C7H7O2/c8-4-6-2-1-3-7(6)5-9/h1-4,9H,5H2. The van der Waals surface area contributed by atoms with Crippen LogP contribution in [0, 0.1) is 31.1 Å². The lowest BCUT2D eigenvalue weighted by Gasteiger charge is -2.06. The first-order valence-corrected chi connectivity index (χ1v) is 2.69. The number of hydrogen-bond donors (Lipinski definition) is 1. The predicted molar refractivity (Wildman–Crippen MR) is 32.5 cm³/mol. The first kappa shape index (κ1) is 6.75. The molecule has 0 bridgehead atoms. The summed E-state index contributed by atoms with van der Waals surface area (Å²) in [7, 11) is 0. The number of rotatable bonds is 2. The van der Waals surface area contributed by atoms with Gasteiger partial charge in [-0.05, 0) is 19.3 Å². The summed E-state index contributed by atoms with van der Waals surface area (Å²) in [5, 5.41) is 8.58. The highest BCUT2D eigenvalue weighted by molar-refractivity contribution is 5.81.